The van der Waals surface area contributed by atoms with E-state index in [2.05, 4.69) is 25.7 Å². The largest absolute Gasteiger partial charge is 0.497 e. The van der Waals surface area contributed by atoms with Gasteiger partial charge < -0.3 is 9.47 Å². The van der Waals surface area contributed by atoms with Gasteiger partial charge in [-0.1, -0.05) is 25.7 Å². The van der Waals surface area contributed by atoms with Crippen LogP contribution in [0.5, 0.6) is 11.5 Å². The third-order valence-corrected chi connectivity index (χ3v) is 4.37. The van der Waals surface area contributed by atoms with Gasteiger partial charge in [0, 0.05) is 6.42 Å². The van der Waals surface area contributed by atoms with Gasteiger partial charge in [0.05, 0.1) is 12.9 Å². The second kappa shape index (κ2) is 8.12. The van der Waals surface area contributed by atoms with Crippen LogP contribution in [0.15, 0.2) is 35.2 Å². The molecule has 0 aromatic heterocycles. The Morgan fingerprint density at radius 3 is 2.48 bits per heavy atom. The number of ketones is 1. The van der Waals surface area contributed by atoms with Crippen LogP contribution in [0.1, 0.15) is 26.7 Å². The number of rotatable bonds is 5. The van der Waals surface area contributed by atoms with Crippen LogP contribution in [-0.2, 0) is 4.79 Å². The highest BCUT2D eigenvalue weighted by molar-refractivity contribution is 8.03. The molecule has 23 heavy (non-hydrogen) atoms. The van der Waals surface area contributed by atoms with Crippen LogP contribution < -0.4 is 9.47 Å². The summed E-state index contributed by atoms with van der Waals surface area (Å²) in [5.41, 5.74) is 0.0685. The van der Waals surface area contributed by atoms with Crippen LogP contribution >= 0.6 is 11.8 Å². The molecule has 0 atom stereocenters. The summed E-state index contributed by atoms with van der Waals surface area (Å²) < 4.78 is 10.6. The van der Waals surface area contributed by atoms with E-state index in [-0.39, 0.29) is 11.2 Å². The Morgan fingerprint density at radius 2 is 1.83 bits per heavy atom. The lowest BCUT2D eigenvalue weighted by Crippen LogP contribution is -2.20. The summed E-state index contributed by atoms with van der Waals surface area (Å²) in [7, 11) is 1.63. The molecule has 0 radical (unpaired) electrons. The van der Waals surface area contributed by atoms with Crippen LogP contribution in [0.25, 0.3) is 0 Å². The Kier molecular flexibility index (Phi) is 6.18. The predicted octanol–water partition coefficient (Wildman–Crippen LogP) is 4.08. The van der Waals surface area contributed by atoms with Gasteiger partial charge in [-0.2, -0.15) is 0 Å². The molecule has 122 valence electrons. The van der Waals surface area contributed by atoms with Crippen molar-refractivity contribution < 1.29 is 14.3 Å². The first kappa shape index (κ1) is 17.5. The normalized spacial score (nSPS) is 16.1. The number of ether oxygens (including phenoxy) is 2. The first-order valence-electron chi connectivity index (χ1n) is 7.57. The number of allylic oxidation sites excluding steroid dienone is 2. The third-order valence-electron chi connectivity index (χ3n) is 3.45. The van der Waals surface area contributed by atoms with Crippen molar-refractivity contribution in [3.63, 3.8) is 0 Å². The Morgan fingerprint density at radius 1 is 1.13 bits per heavy atom. The van der Waals surface area contributed by atoms with Gasteiger partial charge >= 0.3 is 0 Å². The Bertz CT molecular complexity index is 633. The smallest absolute Gasteiger partial charge is 0.157 e. The highest BCUT2D eigenvalue weighted by Gasteiger charge is 2.27. The second-order valence-electron chi connectivity index (χ2n) is 6.20. The highest BCUT2D eigenvalue weighted by Crippen LogP contribution is 2.38. The lowest BCUT2D eigenvalue weighted by Gasteiger charge is -2.28. The van der Waals surface area contributed by atoms with Gasteiger partial charge in [-0.25, -0.2) is 0 Å². The molecule has 0 N–H and O–H groups in total. The fraction of sp³-hybridized carbons (Fsp3) is 0.421. The van der Waals surface area contributed by atoms with E-state index in [0.717, 1.165) is 22.8 Å². The monoisotopic (exact) mass is 330 g/mol. The molecule has 0 heterocycles. The second-order valence-corrected chi connectivity index (χ2v) is 7.30. The fourth-order valence-electron chi connectivity index (χ4n) is 2.40. The van der Waals surface area contributed by atoms with E-state index < -0.39 is 0 Å². The molecule has 3 nitrogen and oxygen atoms in total. The Labute approximate surface area is 142 Å². The van der Waals surface area contributed by atoms with Crippen LogP contribution in [0.4, 0.5) is 0 Å². The van der Waals surface area contributed by atoms with Crippen molar-refractivity contribution >= 4 is 17.5 Å². The number of methoxy groups -OCH3 is 1. The molecule has 0 aliphatic heterocycles. The van der Waals surface area contributed by atoms with Gasteiger partial charge in [0.25, 0.3) is 0 Å². The minimum absolute atomic E-state index is 0.0685. The molecule has 0 amide bonds. The number of hydrogen-bond donors (Lipinski definition) is 0. The summed E-state index contributed by atoms with van der Waals surface area (Å²) in [6.07, 6.45) is 3.36. The third kappa shape index (κ3) is 6.03. The van der Waals surface area contributed by atoms with Gasteiger partial charge in [0.15, 0.2) is 5.78 Å². The summed E-state index contributed by atoms with van der Waals surface area (Å²) in [5.74, 6) is 8.56. The first-order chi connectivity index (χ1) is 11.0. The van der Waals surface area contributed by atoms with Crippen LogP contribution in [0.2, 0.25) is 0 Å². The van der Waals surface area contributed by atoms with Gasteiger partial charge in [-0.15, -0.1) is 11.8 Å². The van der Waals surface area contributed by atoms with E-state index >= 15 is 0 Å². The molecule has 2 rings (SSSR count). The molecular weight excluding hydrogens is 308 g/mol. The van der Waals surface area contributed by atoms with Crippen LogP contribution in [0.3, 0.4) is 0 Å². The van der Waals surface area contributed by atoms with Crippen molar-refractivity contribution in [1.82, 2.24) is 0 Å². The summed E-state index contributed by atoms with van der Waals surface area (Å²) in [6, 6.07) is 7.42. The van der Waals surface area contributed by atoms with Crippen molar-refractivity contribution in [1.29, 1.82) is 0 Å². The predicted molar refractivity (Wildman–Crippen MR) is 94.8 cm³/mol. The van der Waals surface area contributed by atoms with Gasteiger partial charge in [-0.3, -0.25) is 4.79 Å². The lowest BCUT2D eigenvalue weighted by molar-refractivity contribution is -0.116. The summed E-state index contributed by atoms with van der Waals surface area (Å²) in [4.78, 5) is 12.8. The molecule has 4 heteroatoms. The Hall–Kier alpha value is -1.86. The number of hydrogen-bond acceptors (Lipinski definition) is 4. The van der Waals surface area contributed by atoms with Gasteiger partial charge in [-0.05, 0) is 47.1 Å². The topological polar surface area (TPSA) is 35.5 Å². The molecule has 1 aromatic carbocycles. The van der Waals surface area contributed by atoms with Crippen molar-refractivity contribution in [3.8, 4) is 23.3 Å². The average molecular weight is 330 g/mol. The van der Waals surface area contributed by atoms with E-state index in [1.807, 2.05) is 24.3 Å². The molecule has 0 unspecified atom stereocenters. The number of carbonyl (C=O) groups excluding carboxylic acids is 1. The molecule has 0 bridgehead atoms. The number of benzene rings is 1. The standard InChI is InChI=1S/C19H22O3S/c1-19(2)13-15(20)12-18(14-19)23-11-5-4-10-22-17-8-6-16(21-3)7-9-17/h6-9,12H,10-11,13-14H2,1-3H3. The fourth-order valence-corrected chi connectivity index (χ4v) is 3.47. The molecule has 0 saturated heterocycles. The van der Waals surface area contributed by atoms with Crippen molar-refractivity contribution in [2.24, 2.45) is 5.41 Å². The van der Waals surface area contributed by atoms with E-state index in [9.17, 15) is 4.79 Å². The summed E-state index contributed by atoms with van der Waals surface area (Å²) >= 11 is 1.65. The van der Waals surface area contributed by atoms with Crippen molar-refractivity contribution in [2.45, 2.75) is 26.7 Å². The molecule has 0 fully saturated rings. The zero-order valence-corrected chi connectivity index (χ0v) is 14.7. The van der Waals surface area contributed by atoms with Crippen LogP contribution in [0, 0.1) is 17.3 Å². The average Bonchev–Trinajstić information content (AvgIpc) is 2.49. The maximum atomic E-state index is 11.7. The number of carbonyl (C=O) groups is 1. The van der Waals surface area contributed by atoms with Crippen molar-refractivity contribution in [3.05, 3.63) is 35.2 Å². The molecule has 1 aliphatic carbocycles. The maximum Gasteiger partial charge on any atom is 0.157 e. The molecule has 1 aromatic rings. The van der Waals surface area contributed by atoms with Gasteiger partial charge in [0.2, 0.25) is 0 Å². The Balaban J connectivity index is 1.72. The molecule has 0 spiro atoms. The van der Waals surface area contributed by atoms with Gasteiger partial charge in [0.1, 0.15) is 18.1 Å². The van der Waals surface area contributed by atoms with E-state index in [4.69, 9.17) is 9.47 Å². The van der Waals surface area contributed by atoms with Crippen LogP contribution in [-0.4, -0.2) is 25.3 Å². The van der Waals surface area contributed by atoms with E-state index in [0.29, 0.717) is 18.8 Å². The zero-order valence-electron chi connectivity index (χ0n) is 13.8. The van der Waals surface area contributed by atoms with Crippen molar-refractivity contribution in [2.75, 3.05) is 19.5 Å². The minimum atomic E-state index is 0.0685. The molecule has 0 saturated carbocycles. The van der Waals surface area contributed by atoms with E-state index in [1.165, 1.54) is 0 Å². The SMILES string of the molecule is COc1ccc(OCC#CCSC2=CC(=O)CC(C)(C)C2)cc1. The summed E-state index contributed by atoms with van der Waals surface area (Å²) in [6.45, 7) is 4.62. The number of thioether (sulfide) groups is 1. The molecular formula is C19H22O3S. The molecule has 1 aliphatic rings. The maximum absolute atomic E-state index is 11.7. The highest BCUT2D eigenvalue weighted by atomic mass is 32.2. The zero-order chi connectivity index (χ0) is 16.7. The first-order valence-corrected chi connectivity index (χ1v) is 8.56. The quantitative estimate of drug-likeness (QED) is 0.762. The van der Waals surface area contributed by atoms with E-state index in [1.54, 1.807) is 24.9 Å². The summed E-state index contributed by atoms with van der Waals surface area (Å²) in [5, 5.41) is 0. The minimum Gasteiger partial charge on any atom is -0.497 e. The lowest BCUT2D eigenvalue weighted by atomic mass is 9.80.